The molecule has 0 fully saturated rings. The number of rotatable bonds is 47. The number of benzene rings is 2. The summed E-state index contributed by atoms with van der Waals surface area (Å²) >= 11 is 0. The van der Waals surface area contributed by atoms with E-state index in [0.29, 0.717) is 0 Å². The van der Waals surface area contributed by atoms with Crippen LogP contribution < -0.4 is 0 Å². The van der Waals surface area contributed by atoms with Crippen LogP contribution in [0.1, 0.15) is 346 Å². The second-order valence-electron chi connectivity index (χ2n) is 22.5. The van der Waals surface area contributed by atoms with E-state index in [0.717, 1.165) is 100 Å². The van der Waals surface area contributed by atoms with Crippen molar-refractivity contribution in [3.63, 3.8) is 0 Å². The second kappa shape index (κ2) is 56.2. The van der Waals surface area contributed by atoms with Crippen LogP contribution in [0.2, 0.25) is 0 Å². The number of hydrogen-bond donors (Lipinski definition) is 0. The molecule has 2 nitrogen and oxygen atoms in total. The summed E-state index contributed by atoms with van der Waals surface area (Å²) in [5.41, 5.74) is 22.1. The van der Waals surface area contributed by atoms with Gasteiger partial charge in [-0.1, -0.05) is 289 Å². The Kier molecular flexibility index (Phi) is 53.9. The van der Waals surface area contributed by atoms with Gasteiger partial charge in [-0.3, -0.25) is 0 Å². The third-order valence-electron chi connectivity index (χ3n) is 15.5. The van der Waals surface area contributed by atoms with Crippen LogP contribution in [0.3, 0.4) is 0 Å². The maximum absolute atomic E-state index is 12.2. The standard InChI is InChI=1S/C52H82N2.2C11H19.Ni/c1-5-9-13-15-16-17-18-19-20-21-22-23-24-25-26-27-28-29-30-32-38-46-39-33-34-43-48(46)52-50(42-12-8-4)49(41-11-7-3)51(54(52)53)47-40-35-37-45(44-47)36-31-14-10-6-2;2*1-3-5-7-9-11-10-8-6-4-2;/h29-30,33-35,37,39-40,43-44H,5-28,31-32,36,38,41-42H2,1-4H3;2*3,5-11H2,1H3;/q;2*-1;+2. The van der Waals surface area contributed by atoms with Crippen molar-refractivity contribution in [2.75, 3.05) is 0 Å². The fourth-order valence-electron chi connectivity index (χ4n) is 10.7. The van der Waals surface area contributed by atoms with E-state index in [1.54, 1.807) is 4.70 Å². The first kappa shape index (κ1) is 73.9. The molecule has 1 heterocycles. The monoisotopic (exact) mass is 1090 g/mol. The van der Waals surface area contributed by atoms with Crippen LogP contribution >= 0.6 is 0 Å². The SMILES string of the molecule is CCCCCCCCCCCCCCCCCCC=CCCc1ccccc1C1=C(CCCC)C(CCCC)=C(c2cccc(CCCCCC)c2)[N+]1=[N-].[C-]#CCCCCCCCCC.[C-]#CCCCCCCCCC.[Ni+2]. The first-order chi connectivity index (χ1) is 37.5. The first-order valence-electron chi connectivity index (χ1n) is 33.1. The van der Waals surface area contributed by atoms with E-state index >= 15 is 0 Å². The Morgan fingerprint density at radius 1 is 0.390 bits per heavy atom. The van der Waals surface area contributed by atoms with Crippen molar-refractivity contribution in [2.24, 2.45) is 0 Å². The van der Waals surface area contributed by atoms with Crippen molar-refractivity contribution in [3.8, 4) is 11.8 Å². The molecule has 3 heteroatoms. The summed E-state index contributed by atoms with van der Waals surface area (Å²) in [6.07, 6.45) is 77.3. The molecule has 1 aliphatic heterocycles. The van der Waals surface area contributed by atoms with Crippen LogP contribution in [0.4, 0.5) is 0 Å². The maximum Gasteiger partial charge on any atom is 2.00 e. The van der Waals surface area contributed by atoms with E-state index in [4.69, 9.17) is 12.8 Å². The minimum Gasteiger partial charge on any atom is -0.694 e. The fourth-order valence-corrected chi connectivity index (χ4v) is 10.7. The van der Waals surface area contributed by atoms with Gasteiger partial charge < -0.3 is 30.2 Å². The van der Waals surface area contributed by atoms with Gasteiger partial charge in [0.15, 0.2) is 0 Å². The predicted molar refractivity (Wildman–Crippen MR) is 338 cm³/mol. The molecular formula is C74H120N2Ni. The molecule has 2 aromatic carbocycles. The normalized spacial score (nSPS) is 12.1. The average molecular weight is 1100 g/mol. The molecule has 0 spiro atoms. The first-order valence-corrected chi connectivity index (χ1v) is 33.1. The Bertz CT molecular complexity index is 1820. The summed E-state index contributed by atoms with van der Waals surface area (Å²) in [6.45, 7) is 13.6. The third kappa shape index (κ3) is 38.2. The summed E-state index contributed by atoms with van der Waals surface area (Å²) in [6, 6.07) is 17.9. The maximum atomic E-state index is 12.2. The molecule has 77 heavy (non-hydrogen) atoms. The molecule has 0 saturated carbocycles. The van der Waals surface area contributed by atoms with E-state index in [9.17, 15) is 5.53 Å². The largest absolute Gasteiger partial charge is 2.00 e. The van der Waals surface area contributed by atoms with E-state index in [2.05, 4.69) is 114 Å². The molecule has 3 rings (SSSR count). The van der Waals surface area contributed by atoms with Crippen LogP contribution in [0, 0.1) is 24.7 Å². The summed E-state index contributed by atoms with van der Waals surface area (Å²) in [4.78, 5) is 0. The molecule has 0 atom stereocenters. The zero-order valence-electron chi connectivity index (χ0n) is 51.5. The van der Waals surface area contributed by atoms with Crippen LogP contribution in [0.25, 0.3) is 16.9 Å². The minimum atomic E-state index is 0. The van der Waals surface area contributed by atoms with E-state index in [1.807, 2.05) is 0 Å². The molecule has 1 aliphatic rings. The van der Waals surface area contributed by atoms with Crippen LogP contribution in [-0.4, -0.2) is 4.70 Å². The quantitative estimate of drug-likeness (QED) is 0.0158. The fraction of sp³-hybridized carbons (Fsp3) is 0.703. The van der Waals surface area contributed by atoms with Crippen LogP contribution in [0.5, 0.6) is 0 Å². The van der Waals surface area contributed by atoms with Gasteiger partial charge in [0, 0.05) is 22.3 Å². The summed E-state index contributed by atoms with van der Waals surface area (Å²) in [5.74, 6) is 4.84. The number of hydrogen-bond acceptors (Lipinski definition) is 0. The van der Waals surface area contributed by atoms with E-state index < -0.39 is 0 Å². The molecule has 436 valence electrons. The summed E-state index contributed by atoms with van der Waals surface area (Å²) < 4.78 is 1.60. The molecule has 0 radical (unpaired) electrons. The average Bonchev–Trinajstić information content (AvgIpc) is 3.72. The number of nitrogens with zero attached hydrogens (tertiary/aromatic N) is 2. The predicted octanol–water partition coefficient (Wildman–Crippen LogP) is 24.9. The van der Waals surface area contributed by atoms with E-state index in [1.165, 1.54) is 240 Å². The molecule has 2 aromatic rings. The van der Waals surface area contributed by atoms with Gasteiger partial charge in [-0.25, -0.2) is 4.70 Å². The molecule has 0 unspecified atom stereocenters. The van der Waals surface area contributed by atoms with Crippen LogP contribution in [-0.2, 0) is 29.3 Å². The molecule has 0 aliphatic carbocycles. The van der Waals surface area contributed by atoms with Gasteiger partial charge in [0.1, 0.15) is 0 Å². The molecule has 0 saturated heterocycles. The van der Waals surface area contributed by atoms with Crippen molar-refractivity contribution >= 4 is 11.4 Å². The van der Waals surface area contributed by atoms with Gasteiger partial charge in [-0.2, -0.15) is 0 Å². The molecular weight excluding hydrogens is 976 g/mol. The second-order valence-corrected chi connectivity index (χ2v) is 22.5. The number of allylic oxidation sites excluding steroid dienone is 4. The Balaban J connectivity index is 0.00000208. The van der Waals surface area contributed by atoms with Crippen molar-refractivity contribution in [1.29, 1.82) is 0 Å². The van der Waals surface area contributed by atoms with Crippen molar-refractivity contribution in [1.82, 2.24) is 0 Å². The molecule has 0 aromatic heterocycles. The van der Waals surface area contributed by atoms with Gasteiger partial charge in [-0.05, 0) is 119 Å². The van der Waals surface area contributed by atoms with Gasteiger partial charge >= 0.3 is 16.5 Å². The Morgan fingerprint density at radius 3 is 1.23 bits per heavy atom. The van der Waals surface area contributed by atoms with Gasteiger partial charge in [0.2, 0.25) is 11.4 Å². The number of unbranched alkanes of at least 4 members (excludes halogenated alkanes) is 35. The molecule has 0 bridgehead atoms. The summed E-state index contributed by atoms with van der Waals surface area (Å²) in [7, 11) is 0. The number of aryl methyl sites for hydroxylation is 2. The van der Waals surface area contributed by atoms with Crippen LogP contribution in [0.15, 0.2) is 71.8 Å². The van der Waals surface area contributed by atoms with Gasteiger partial charge in [0.05, 0.1) is 0 Å². The zero-order valence-corrected chi connectivity index (χ0v) is 52.5. The van der Waals surface area contributed by atoms with Gasteiger partial charge in [0.25, 0.3) is 0 Å². The Hall–Kier alpha value is -3.13. The molecule has 0 amide bonds. The van der Waals surface area contributed by atoms with Crippen molar-refractivity contribution in [2.45, 2.75) is 337 Å². The molecule has 0 N–H and O–H groups in total. The Morgan fingerprint density at radius 2 is 0.779 bits per heavy atom. The summed E-state index contributed by atoms with van der Waals surface area (Å²) in [5, 5.41) is 0. The zero-order chi connectivity index (χ0) is 55.2. The Labute approximate surface area is 491 Å². The van der Waals surface area contributed by atoms with Crippen molar-refractivity contribution in [3.05, 3.63) is 112 Å². The van der Waals surface area contributed by atoms with E-state index in [-0.39, 0.29) is 16.5 Å². The van der Waals surface area contributed by atoms with Gasteiger partial charge in [-0.15, -0.1) is 0 Å². The van der Waals surface area contributed by atoms with Crippen molar-refractivity contribution < 1.29 is 21.2 Å². The smallest absolute Gasteiger partial charge is 0.694 e. The third-order valence-corrected chi connectivity index (χ3v) is 15.5. The minimum absolute atomic E-state index is 0. The topological polar surface area (TPSA) is 25.3 Å².